The normalized spacial score (nSPS) is 30.6. The van der Waals surface area contributed by atoms with Crippen LogP contribution in [0.3, 0.4) is 0 Å². The molecule has 0 unspecified atom stereocenters. The van der Waals surface area contributed by atoms with E-state index in [9.17, 15) is 18.0 Å². The van der Waals surface area contributed by atoms with Gasteiger partial charge in [-0.05, 0) is 19.3 Å². The van der Waals surface area contributed by atoms with Gasteiger partial charge in [0, 0.05) is 31.4 Å². The third kappa shape index (κ3) is 3.24. The molecule has 0 spiro atoms. The quantitative estimate of drug-likeness (QED) is 0.846. The maximum absolute atomic E-state index is 12.6. The highest BCUT2D eigenvalue weighted by molar-refractivity contribution is 5.76. The summed E-state index contributed by atoms with van der Waals surface area (Å²) in [4.78, 5) is 19.2. The fourth-order valence-corrected chi connectivity index (χ4v) is 3.32. The monoisotopic (exact) mass is 331 g/mol. The van der Waals surface area contributed by atoms with Gasteiger partial charge in [-0.3, -0.25) is 4.98 Å². The first kappa shape index (κ1) is 16.0. The average molecular weight is 331 g/mol. The molecule has 2 heterocycles. The first-order valence-corrected chi connectivity index (χ1v) is 7.34. The van der Waals surface area contributed by atoms with Crippen molar-refractivity contribution in [3.05, 3.63) is 18.6 Å². The smallest absolute Gasteiger partial charge is 0.469 e. The van der Waals surface area contributed by atoms with Crippen molar-refractivity contribution in [1.29, 1.82) is 0 Å². The molecular formula is C14H16F3N3O3. The summed E-state index contributed by atoms with van der Waals surface area (Å²) < 4.78 is 48.5. The Morgan fingerprint density at radius 3 is 2.91 bits per heavy atom. The summed E-state index contributed by atoms with van der Waals surface area (Å²) in [5.74, 6) is -2.03. The molecule has 2 aliphatic rings. The number of alkyl halides is 3. The summed E-state index contributed by atoms with van der Waals surface area (Å²) >= 11 is 0. The van der Waals surface area contributed by atoms with Crippen LogP contribution >= 0.6 is 0 Å². The van der Waals surface area contributed by atoms with Gasteiger partial charge in [-0.1, -0.05) is 0 Å². The third-order valence-electron chi connectivity index (χ3n) is 4.27. The second-order valence-corrected chi connectivity index (χ2v) is 5.82. The second-order valence-electron chi connectivity index (χ2n) is 5.82. The molecule has 0 aromatic carbocycles. The molecule has 1 aromatic rings. The minimum Gasteiger partial charge on any atom is -0.469 e. The van der Waals surface area contributed by atoms with E-state index in [1.165, 1.54) is 18.6 Å². The summed E-state index contributed by atoms with van der Waals surface area (Å²) in [6.07, 6.45) is 0.341. The van der Waals surface area contributed by atoms with Gasteiger partial charge in [-0.2, -0.15) is 13.2 Å². The van der Waals surface area contributed by atoms with E-state index < -0.39 is 23.9 Å². The van der Waals surface area contributed by atoms with Gasteiger partial charge in [-0.15, -0.1) is 0 Å². The predicted molar refractivity (Wildman–Crippen MR) is 71.5 cm³/mol. The zero-order valence-electron chi connectivity index (χ0n) is 12.2. The van der Waals surface area contributed by atoms with Gasteiger partial charge in [-0.25, -0.2) is 9.78 Å². The summed E-state index contributed by atoms with van der Waals surface area (Å²) in [5.41, 5.74) is -1.34. The van der Waals surface area contributed by atoms with Crippen LogP contribution in [-0.2, 0) is 9.53 Å². The first-order chi connectivity index (χ1) is 10.9. The van der Waals surface area contributed by atoms with E-state index in [-0.39, 0.29) is 18.3 Å². The number of aromatic nitrogens is 2. The van der Waals surface area contributed by atoms with Crippen LogP contribution in [0.1, 0.15) is 19.3 Å². The van der Waals surface area contributed by atoms with E-state index in [0.29, 0.717) is 19.4 Å². The van der Waals surface area contributed by atoms with Crippen molar-refractivity contribution in [2.45, 2.75) is 37.1 Å². The maximum Gasteiger partial charge on any atom is 0.490 e. The van der Waals surface area contributed by atoms with E-state index in [0.717, 1.165) is 6.42 Å². The van der Waals surface area contributed by atoms with Crippen molar-refractivity contribution in [1.82, 2.24) is 15.3 Å². The molecule has 3 atom stereocenters. The van der Waals surface area contributed by atoms with Crippen molar-refractivity contribution in [2.24, 2.45) is 5.92 Å². The van der Waals surface area contributed by atoms with Crippen LogP contribution in [0.4, 0.5) is 13.2 Å². The van der Waals surface area contributed by atoms with Crippen LogP contribution in [0.5, 0.6) is 5.88 Å². The molecule has 1 N–H and O–H groups in total. The topological polar surface area (TPSA) is 73.3 Å². The number of nitrogens with one attached hydrogen (secondary N) is 1. The Balaban J connectivity index is 1.85. The number of hydrogen-bond acceptors (Lipinski definition) is 6. The van der Waals surface area contributed by atoms with Gasteiger partial charge in [0.2, 0.25) is 5.88 Å². The number of esters is 1. The Morgan fingerprint density at radius 2 is 2.22 bits per heavy atom. The number of hydrogen-bond donors (Lipinski definition) is 1. The molecule has 1 aliphatic heterocycles. The highest BCUT2D eigenvalue weighted by Gasteiger charge is 2.56. The van der Waals surface area contributed by atoms with Crippen LogP contribution in [0, 0.1) is 5.92 Å². The molecule has 0 amide bonds. The van der Waals surface area contributed by atoms with Crippen LogP contribution in [0.25, 0.3) is 0 Å². The summed E-state index contributed by atoms with van der Waals surface area (Å²) in [6.45, 7) is 0.715. The number of piperidine rings is 1. The Labute approximate surface area is 130 Å². The summed E-state index contributed by atoms with van der Waals surface area (Å²) in [7, 11) is 0. The van der Waals surface area contributed by atoms with Gasteiger partial charge in [0.25, 0.3) is 0 Å². The number of rotatable bonds is 3. The van der Waals surface area contributed by atoms with Crippen LogP contribution < -0.4 is 10.1 Å². The van der Waals surface area contributed by atoms with Crippen molar-refractivity contribution in [3.63, 3.8) is 0 Å². The minimum absolute atomic E-state index is 0.0551. The largest absolute Gasteiger partial charge is 0.490 e. The Kier molecular flexibility index (Phi) is 4.13. The Morgan fingerprint density at radius 1 is 1.39 bits per heavy atom. The SMILES string of the molecule is O=C(O[C@]12CCC[C@@H](CNC1)[C@H]2Oc1cnccn1)C(F)(F)F. The van der Waals surface area contributed by atoms with Crippen molar-refractivity contribution in [3.8, 4) is 5.88 Å². The number of carbonyl (C=O) groups is 1. The number of halogens is 3. The highest BCUT2D eigenvalue weighted by Crippen LogP contribution is 2.41. The molecule has 126 valence electrons. The average Bonchev–Trinajstić information content (AvgIpc) is 2.48. The molecule has 1 saturated heterocycles. The zero-order valence-corrected chi connectivity index (χ0v) is 12.2. The molecule has 2 fully saturated rings. The van der Waals surface area contributed by atoms with E-state index in [4.69, 9.17) is 9.47 Å². The van der Waals surface area contributed by atoms with Crippen LogP contribution in [0.15, 0.2) is 18.6 Å². The van der Waals surface area contributed by atoms with E-state index in [2.05, 4.69) is 15.3 Å². The lowest BCUT2D eigenvalue weighted by atomic mass is 9.72. The molecule has 23 heavy (non-hydrogen) atoms. The van der Waals surface area contributed by atoms with Crippen LogP contribution in [-0.4, -0.2) is 46.9 Å². The summed E-state index contributed by atoms with van der Waals surface area (Å²) in [5, 5.41) is 3.04. The Hall–Kier alpha value is -1.90. The van der Waals surface area contributed by atoms with E-state index in [1.807, 2.05) is 0 Å². The minimum atomic E-state index is -5.03. The van der Waals surface area contributed by atoms with Crippen molar-refractivity contribution in [2.75, 3.05) is 13.1 Å². The molecule has 6 nitrogen and oxygen atoms in total. The lowest BCUT2D eigenvalue weighted by molar-refractivity contribution is -0.231. The molecule has 2 bridgehead atoms. The molecule has 1 aliphatic carbocycles. The predicted octanol–water partition coefficient (Wildman–Crippen LogP) is 1.47. The number of nitrogens with zero attached hydrogens (tertiary/aromatic N) is 2. The summed E-state index contributed by atoms with van der Waals surface area (Å²) in [6, 6.07) is 0. The van der Waals surface area contributed by atoms with E-state index >= 15 is 0 Å². The fraction of sp³-hybridized carbons (Fsp3) is 0.643. The maximum atomic E-state index is 12.6. The zero-order chi connectivity index (χ0) is 16.5. The standard InChI is InChI=1S/C14H16F3N3O3/c15-14(16,17)12(21)23-13-3-1-2-9(6-19-8-13)11(13)22-10-7-18-4-5-20-10/h4-5,7,9,11,19H,1-3,6,8H2/t9-,11+,13+/m0/s1. The van der Waals surface area contributed by atoms with Gasteiger partial charge in [0.1, 0.15) is 6.10 Å². The van der Waals surface area contributed by atoms with Crippen molar-refractivity contribution >= 4 is 5.97 Å². The fourth-order valence-electron chi connectivity index (χ4n) is 3.32. The molecule has 0 radical (unpaired) electrons. The number of ether oxygens (including phenoxy) is 2. The van der Waals surface area contributed by atoms with Gasteiger partial charge < -0.3 is 14.8 Å². The molecule has 3 rings (SSSR count). The van der Waals surface area contributed by atoms with E-state index in [1.54, 1.807) is 0 Å². The lowest BCUT2D eigenvalue weighted by Gasteiger charge is -2.50. The molecule has 1 aromatic heterocycles. The van der Waals surface area contributed by atoms with Gasteiger partial charge in [0.05, 0.1) is 6.20 Å². The van der Waals surface area contributed by atoms with Gasteiger partial charge >= 0.3 is 12.1 Å². The van der Waals surface area contributed by atoms with Crippen molar-refractivity contribution < 1.29 is 27.4 Å². The molecule has 9 heteroatoms. The Bertz CT molecular complexity index is 557. The van der Waals surface area contributed by atoms with Gasteiger partial charge in [0.15, 0.2) is 5.60 Å². The first-order valence-electron chi connectivity index (χ1n) is 7.34. The molecule has 1 saturated carbocycles. The third-order valence-corrected chi connectivity index (χ3v) is 4.27. The van der Waals surface area contributed by atoms with Crippen LogP contribution in [0.2, 0.25) is 0 Å². The number of fused-ring (bicyclic) bond motifs is 2. The highest BCUT2D eigenvalue weighted by atomic mass is 19.4. The molecular weight excluding hydrogens is 315 g/mol. The lowest BCUT2D eigenvalue weighted by Crippen LogP contribution is -2.66. The number of carbonyl (C=O) groups excluding carboxylic acids is 1. The second kappa shape index (κ2) is 5.95.